The Morgan fingerprint density at radius 2 is 1.78 bits per heavy atom. The first kappa shape index (κ1) is 13.0. The van der Waals surface area contributed by atoms with Crippen molar-refractivity contribution in [2.24, 2.45) is 0 Å². The Morgan fingerprint density at radius 1 is 1.11 bits per heavy atom. The molecule has 0 amide bonds. The van der Waals surface area contributed by atoms with E-state index < -0.39 is 0 Å². The number of nitrogens with zero attached hydrogens (tertiary/aromatic N) is 1. The lowest BCUT2D eigenvalue weighted by Gasteiger charge is -2.38. The fourth-order valence-electron chi connectivity index (χ4n) is 2.57. The maximum Gasteiger partial charge on any atom is 0.142 e. The number of methoxy groups -OCH3 is 2. The summed E-state index contributed by atoms with van der Waals surface area (Å²) in [6.07, 6.45) is 0. The summed E-state index contributed by atoms with van der Waals surface area (Å²) in [5.41, 5.74) is 1.11. The van der Waals surface area contributed by atoms with Crippen molar-refractivity contribution in [2.45, 2.75) is 25.9 Å². The molecule has 1 aromatic carbocycles. The molecule has 2 atom stereocenters. The van der Waals surface area contributed by atoms with E-state index in [4.69, 9.17) is 9.47 Å². The summed E-state index contributed by atoms with van der Waals surface area (Å²) in [6, 6.07) is 6.89. The van der Waals surface area contributed by atoms with Crippen molar-refractivity contribution in [3.63, 3.8) is 0 Å². The van der Waals surface area contributed by atoms with Gasteiger partial charge in [0.05, 0.1) is 19.9 Å². The smallest absolute Gasteiger partial charge is 0.142 e. The van der Waals surface area contributed by atoms with Gasteiger partial charge in [-0.25, -0.2) is 0 Å². The number of rotatable bonds is 3. The van der Waals surface area contributed by atoms with Crippen LogP contribution in [0.25, 0.3) is 0 Å². The maximum absolute atomic E-state index is 5.45. The molecule has 1 N–H and O–H groups in total. The number of benzene rings is 1. The molecule has 18 heavy (non-hydrogen) atoms. The van der Waals surface area contributed by atoms with E-state index in [1.54, 1.807) is 14.2 Å². The van der Waals surface area contributed by atoms with Crippen LogP contribution in [0, 0.1) is 0 Å². The van der Waals surface area contributed by atoms with Crippen LogP contribution in [-0.2, 0) is 0 Å². The zero-order valence-electron chi connectivity index (χ0n) is 11.6. The van der Waals surface area contributed by atoms with Crippen LogP contribution in [0.15, 0.2) is 18.2 Å². The van der Waals surface area contributed by atoms with Gasteiger partial charge in [0.1, 0.15) is 11.5 Å². The monoisotopic (exact) mass is 250 g/mol. The Hall–Kier alpha value is -1.42. The van der Waals surface area contributed by atoms with Crippen LogP contribution in [-0.4, -0.2) is 39.4 Å². The Labute approximate surface area is 109 Å². The molecule has 100 valence electrons. The van der Waals surface area contributed by atoms with Crippen molar-refractivity contribution in [3.05, 3.63) is 18.2 Å². The van der Waals surface area contributed by atoms with E-state index in [2.05, 4.69) is 24.1 Å². The Balaban J connectivity index is 2.29. The first-order valence-corrected chi connectivity index (χ1v) is 6.37. The third-order valence-corrected chi connectivity index (χ3v) is 3.28. The molecule has 1 aliphatic rings. The molecule has 1 heterocycles. The van der Waals surface area contributed by atoms with Gasteiger partial charge in [0.2, 0.25) is 0 Å². The minimum absolute atomic E-state index is 0.477. The minimum Gasteiger partial charge on any atom is -0.497 e. The predicted octanol–water partition coefficient (Wildman–Crippen LogP) is 1.89. The molecule has 2 unspecified atom stereocenters. The highest BCUT2D eigenvalue weighted by molar-refractivity contribution is 5.62. The number of anilines is 1. The van der Waals surface area contributed by atoms with Crippen molar-refractivity contribution < 1.29 is 9.47 Å². The molecule has 0 bridgehead atoms. The Morgan fingerprint density at radius 3 is 2.33 bits per heavy atom. The lowest BCUT2D eigenvalue weighted by Crippen LogP contribution is -2.54. The normalized spacial score (nSPS) is 23.9. The van der Waals surface area contributed by atoms with Crippen LogP contribution in [0.5, 0.6) is 11.5 Å². The average Bonchev–Trinajstić information content (AvgIpc) is 2.36. The fourth-order valence-corrected chi connectivity index (χ4v) is 2.57. The third kappa shape index (κ3) is 2.70. The molecule has 1 aliphatic heterocycles. The minimum atomic E-state index is 0.477. The lowest BCUT2D eigenvalue weighted by atomic mass is 10.1. The highest BCUT2D eigenvalue weighted by atomic mass is 16.5. The summed E-state index contributed by atoms with van der Waals surface area (Å²) in [5.74, 6) is 1.77. The molecule has 1 saturated heterocycles. The van der Waals surface area contributed by atoms with Gasteiger partial charge in [0, 0.05) is 31.2 Å². The van der Waals surface area contributed by atoms with Gasteiger partial charge in [-0.3, -0.25) is 0 Å². The molecular formula is C14H22N2O2. The van der Waals surface area contributed by atoms with Crippen molar-refractivity contribution in [1.82, 2.24) is 5.32 Å². The summed E-state index contributed by atoms with van der Waals surface area (Å²) in [5, 5.41) is 3.53. The van der Waals surface area contributed by atoms with Gasteiger partial charge in [-0.15, -0.1) is 0 Å². The second kappa shape index (κ2) is 5.48. The van der Waals surface area contributed by atoms with Gasteiger partial charge in [0.25, 0.3) is 0 Å². The van der Waals surface area contributed by atoms with E-state index in [1.165, 1.54) is 0 Å². The molecule has 1 aromatic rings. The van der Waals surface area contributed by atoms with Crippen LogP contribution < -0.4 is 19.7 Å². The fraction of sp³-hybridized carbons (Fsp3) is 0.571. The summed E-state index contributed by atoms with van der Waals surface area (Å²) in [4.78, 5) is 2.35. The maximum atomic E-state index is 5.45. The number of hydrogen-bond donors (Lipinski definition) is 1. The zero-order valence-corrected chi connectivity index (χ0v) is 11.6. The topological polar surface area (TPSA) is 33.7 Å². The van der Waals surface area contributed by atoms with Gasteiger partial charge in [-0.1, -0.05) is 0 Å². The first-order chi connectivity index (χ1) is 8.63. The van der Waals surface area contributed by atoms with Crippen LogP contribution in [0.2, 0.25) is 0 Å². The summed E-state index contributed by atoms with van der Waals surface area (Å²) in [6.45, 7) is 6.37. The molecule has 0 aliphatic carbocycles. The molecule has 0 saturated carbocycles. The number of ether oxygens (including phenoxy) is 2. The third-order valence-electron chi connectivity index (χ3n) is 3.28. The highest BCUT2D eigenvalue weighted by Crippen LogP contribution is 2.33. The highest BCUT2D eigenvalue weighted by Gasteiger charge is 2.23. The van der Waals surface area contributed by atoms with Crippen LogP contribution in [0.4, 0.5) is 5.69 Å². The molecular weight excluding hydrogens is 228 g/mol. The molecule has 2 rings (SSSR count). The first-order valence-electron chi connectivity index (χ1n) is 6.37. The number of piperazine rings is 1. The van der Waals surface area contributed by atoms with Gasteiger partial charge in [0.15, 0.2) is 0 Å². The number of nitrogens with one attached hydrogen (secondary N) is 1. The standard InChI is InChI=1S/C14H22N2O2/c1-10-8-16(9-11(2)15-10)13-7-12(17-3)5-6-14(13)18-4/h5-7,10-11,15H,8-9H2,1-4H3. The van der Waals surface area contributed by atoms with Gasteiger partial charge in [-0.2, -0.15) is 0 Å². The van der Waals surface area contributed by atoms with Crippen molar-refractivity contribution in [3.8, 4) is 11.5 Å². The number of hydrogen-bond acceptors (Lipinski definition) is 4. The summed E-state index contributed by atoms with van der Waals surface area (Å²) < 4.78 is 10.8. The van der Waals surface area contributed by atoms with Gasteiger partial charge in [-0.05, 0) is 26.0 Å². The van der Waals surface area contributed by atoms with Gasteiger partial charge >= 0.3 is 0 Å². The van der Waals surface area contributed by atoms with E-state index in [0.29, 0.717) is 12.1 Å². The predicted molar refractivity (Wildman–Crippen MR) is 73.8 cm³/mol. The second-order valence-electron chi connectivity index (χ2n) is 4.91. The van der Waals surface area contributed by atoms with E-state index in [0.717, 1.165) is 30.3 Å². The van der Waals surface area contributed by atoms with E-state index in [9.17, 15) is 0 Å². The molecule has 4 nitrogen and oxygen atoms in total. The Kier molecular flexibility index (Phi) is 3.97. The SMILES string of the molecule is COc1ccc(OC)c(N2CC(C)NC(C)C2)c1. The molecule has 0 radical (unpaired) electrons. The molecule has 1 fully saturated rings. The van der Waals surface area contributed by atoms with Crippen LogP contribution in [0.1, 0.15) is 13.8 Å². The van der Waals surface area contributed by atoms with Crippen LogP contribution in [0.3, 0.4) is 0 Å². The van der Waals surface area contributed by atoms with Gasteiger partial charge < -0.3 is 19.7 Å². The lowest BCUT2D eigenvalue weighted by molar-refractivity contribution is 0.386. The quantitative estimate of drug-likeness (QED) is 0.888. The largest absolute Gasteiger partial charge is 0.497 e. The van der Waals surface area contributed by atoms with Crippen molar-refractivity contribution in [1.29, 1.82) is 0 Å². The van der Waals surface area contributed by atoms with Crippen molar-refractivity contribution in [2.75, 3.05) is 32.2 Å². The van der Waals surface area contributed by atoms with Crippen molar-refractivity contribution >= 4 is 5.69 Å². The molecule has 4 heteroatoms. The molecule has 0 spiro atoms. The molecule has 0 aromatic heterocycles. The summed E-state index contributed by atoms with van der Waals surface area (Å²) in [7, 11) is 3.40. The Bertz CT molecular complexity index is 399. The van der Waals surface area contributed by atoms with E-state index >= 15 is 0 Å². The summed E-state index contributed by atoms with van der Waals surface area (Å²) >= 11 is 0. The second-order valence-corrected chi connectivity index (χ2v) is 4.91. The van der Waals surface area contributed by atoms with E-state index in [1.807, 2.05) is 18.2 Å². The van der Waals surface area contributed by atoms with Crippen LogP contribution >= 0.6 is 0 Å². The zero-order chi connectivity index (χ0) is 13.1. The average molecular weight is 250 g/mol. The van der Waals surface area contributed by atoms with E-state index in [-0.39, 0.29) is 0 Å².